The first-order chi connectivity index (χ1) is 17.3. The molecule has 8 heteroatoms. The summed E-state index contributed by atoms with van der Waals surface area (Å²) in [6, 6.07) is 11.8. The summed E-state index contributed by atoms with van der Waals surface area (Å²) in [4.78, 5) is 28.0. The molecule has 2 aromatic rings. The van der Waals surface area contributed by atoms with Crippen LogP contribution in [0.25, 0.3) is 0 Å². The Balaban J connectivity index is 1.96. The van der Waals surface area contributed by atoms with E-state index in [9.17, 15) is 9.59 Å². The molecule has 0 saturated carbocycles. The zero-order valence-corrected chi connectivity index (χ0v) is 22.4. The van der Waals surface area contributed by atoms with Crippen LogP contribution in [0.1, 0.15) is 50.5 Å². The fourth-order valence-electron chi connectivity index (χ4n) is 3.69. The predicted molar refractivity (Wildman–Crippen MR) is 142 cm³/mol. The second-order valence-corrected chi connectivity index (χ2v) is 8.73. The van der Waals surface area contributed by atoms with Gasteiger partial charge in [0.2, 0.25) is 5.91 Å². The van der Waals surface area contributed by atoms with Gasteiger partial charge in [-0.15, -0.1) is 0 Å². The zero-order valence-electron chi connectivity index (χ0n) is 22.4. The number of rotatable bonds is 15. The lowest BCUT2D eigenvalue weighted by Crippen LogP contribution is -2.49. The smallest absolute Gasteiger partial charge is 0.251 e. The number of methoxy groups -OCH3 is 1. The van der Waals surface area contributed by atoms with Crippen molar-refractivity contribution in [2.75, 3.05) is 40.0 Å². The number of hydrogen-bond donors (Lipinski definition) is 2. The minimum Gasteiger partial charge on any atom is -0.494 e. The van der Waals surface area contributed by atoms with Gasteiger partial charge in [-0.2, -0.15) is 0 Å². The van der Waals surface area contributed by atoms with Gasteiger partial charge in [0.15, 0.2) is 11.5 Å². The van der Waals surface area contributed by atoms with Crippen molar-refractivity contribution in [3.05, 3.63) is 53.6 Å². The zero-order chi connectivity index (χ0) is 26.5. The highest BCUT2D eigenvalue weighted by atomic mass is 16.5. The van der Waals surface area contributed by atoms with Gasteiger partial charge in [-0.25, -0.2) is 0 Å². The van der Waals surface area contributed by atoms with Crippen molar-refractivity contribution in [3.63, 3.8) is 0 Å². The Morgan fingerprint density at radius 3 is 2.22 bits per heavy atom. The highest BCUT2D eigenvalue weighted by molar-refractivity contribution is 5.97. The van der Waals surface area contributed by atoms with Crippen molar-refractivity contribution >= 4 is 11.8 Å². The third kappa shape index (κ3) is 8.75. The van der Waals surface area contributed by atoms with E-state index in [0.717, 1.165) is 25.2 Å². The number of nitrogens with one attached hydrogen (secondary N) is 2. The molecule has 0 fully saturated rings. The minimum absolute atomic E-state index is 0.0900. The Labute approximate surface area is 215 Å². The molecule has 0 bridgehead atoms. The maximum atomic E-state index is 12.9. The van der Waals surface area contributed by atoms with Crippen LogP contribution in [0.2, 0.25) is 0 Å². The summed E-state index contributed by atoms with van der Waals surface area (Å²) in [5, 5.41) is 5.78. The summed E-state index contributed by atoms with van der Waals surface area (Å²) in [5.41, 5.74) is 1.34. The van der Waals surface area contributed by atoms with Gasteiger partial charge < -0.3 is 29.7 Å². The van der Waals surface area contributed by atoms with Crippen LogP contribution in [0.3, 0.4) is 0 Å². The van der Waals surface area contributed by atoms with Crippen LogP contribution in [0.15, 0.2) is 42.5 Å². The average molecular weight is 500 g/mol. The second-order valence-electron chi connectivity index (χ2n) is 8.73. The van der Waals surface area contributed by atoms with Crippen molar-refractivity contribution in [1.29, 1.82) is 0 Å². The van der Waals surface area contributed by atoms with Gasteiger partial charge in [0.25, 0.3) is 5.91 Å². The van der Waals surface area contributed by atoms with Crippen LogP contribution in [0.5, 0.6) is 17.2 Å². The quantitative estimate of drug-likeness (QED) is 0.387. The molecule has 36 heavy (non-hydrogen) atoms. The lowest BCUT2D eigenvalue weighted by molar-refractivity contribution is -0.124. The normalized spacial score (nSPS) is 11.8. The number of likely N-dealkylation sites (N-methyl/N-ethyl adjacent to an activating group) is 1. The van der Waals surface area contributed by atoms with Gasteiger partial charge in [-0.1, -0.05) is 33.8 Å². The molecular formula is C28H41N3O5. The minimum atomic E-state index is -0.673. The van der Waals surface area contributed by atoms with Crippen molar-refractivity contribution in [2.24, 2.45) is 5.92 Å². The molecule has 1 unspecified atom stereocenters. The number of hydrogen-bond acceptors (Lipinski definition) is 6. The Morgan fingerprint density at radius 1 is 0.944 bits per heavy atom. The summed E-state index contributed by atoms with van der Waals surface area (Å²) < 4.78 is 16.8. The van der Waals surface area contributed by atoms with E-state index < -0.39 is 6.04 Å². The largest absolute Gasteiger partial charge is 0.494 e. The Bertz CT molecular complexity index is 958. The maximum Gasteiger partial charge on any atom is 0.251 e. The second kappa shape index (κ2) is 15.0. The molecule has 1 atom stereocenters. The van der Waals surface area contributed by atoms with Crippen LogP contribution in [0.4, 0.5) is 0 Å². The van der Waals surface area contributed by atoms with Gasteiger partial charge >= 0.3 is 0 Å². The van der Waals surface area contributed by atoms with E-state index in [1.807, 2.05) is 39.0 Å². The van der Waals surface area contributed by atoms with Crippen LogP contribution >= 0.6 is 0 Å². The molecule has 0 spiro atoms. The molecule has 2 rings (SSSR count). The lowest BCUT2D eigenvalue weighted by atomic mass is 10.0. The standard InChI is InChI=1S/C28H41N3O5/c1-7-31(8-2)16-17-36-24-15-10-21(18-25(24)34-6)19-29-28(33)26(20(4)5)30-27(32)22-11-13-23(14-12-22)35-9-3/h10-15,18,20,26H,7-9,16-17,19H2,1-6H3,(H,29,33)(H,30,32). The number of benzene rings is 2. The SMILES string of the molecule is CCOc1ccc(C(=O)NC(C(=O)NCc2ccc(OCCN(CC)CC)c(OC)c2)C(C)C)cc1. The number of amides is 2. The van der Waals surface area contributed by atoms with E-state index in [-0.39, 0.29) is 17.7 Å². The molecule has 0 aliphatic carbocycles. The summed E-state index contributed by atoms with van der Waals surface area (Å²) in [5.74, 6) is 1.34. The van der Waals surface area contributed by atoms with Crippen molar-refractivity contribution in [2.45, 2.75) is 47.2 Å². The first-order valence-corrected chi connectivity index (χ1v) is 12.7. The fourth-order valence-corrected chi connectivity index (χ4v) is 3.69. The predicted octanol–water partition coefficient (Wildman–Crippen LogP) is 3.89. The Hall–Kier alpha value is -3.26. The number of nitrogens with zero attached hydrogens (tertiary/aromatic N) is 1. The topological polar surface area (TPSA) is 89.1 Å². The lowest BCUT2D eigenvalue weighted by Gasteiger charge is -2.22. The molecule has 0 aromatic heterocycles. The van der Waals surface area contributed by atoms with E-state index in [4.69, 9.17) is 14.2 Å². The highest BCUT2D eigenvalue weighted by Crippen LogP contribution is 2.28. The van der Waals surface area contributed by atoms with Crippen LogP contribution in [-0.4, -0.2) is 62.7 Å². The summed E-state index contributed by atoms with van der Waals surface area (Å²) in [6.45, 7) is 14.2. The monoisotopic (exact) mass is 499 g/mol. The number of carbonyl (C=O) groups is 2. The fraction of sp³-hybridized carbons (Fsp3) is 0.500. The molecule has 8 nitrogen and oxygen atoms in total. The van der Waals surface area contributed by atoms with Crippen molar-refractivity contribution in [3.8, 4) is 17.2 Å². The van der Waals surface area contributed by atoms with E-state index in [2.05, 4.69) is 29.4 Å². The number of carbonyl (C=O) groups excluding carboxylic acids is 2. The van der Waals surface area contributed by atoms with Gasteiger partial charge in [0, 0.05) is 18.7 Å². The van der Waals surface area contributed by atoms with E-state index in [0.29, 0.717) is 42.6 Å². The molecule has 0 heterocycles. The molecule has 198 valence electrons. The third-order valence-electron chi connectivity index (χ3n) is 5.92. The summed E-state index contributed by atoms with van der Waals surface area (Å²) >= 11 is 0. The maximum absolute atomic E-state index is 12.9. The van der Waals surface area contributed by atoms with Crippen molar-refractivity contribution < 1.29 is 23.8 Å². The Morgan fingerprint density at radius 2 is 1.64 bits per heavy atom. The molecule has 0 radical (unpaired) electrons. The van der Waals surface area contributed by atoms with Gasteiger partial charge in [-0.05, 0) is 67.9 Å². The molecule has 2 amide bonds. The first-order valence-electron chi connectivity index (χ1n) is 12.7. The van der Waals surface area contributed by atoms with Crippen LogP contribution in [-0.2, 0) is 11.3 Å². The van der Waals surface area contributed by atoms with Gasteiger partial charge in [0.1, 0.15) is 18.4 Å². The van der Waals surface area contributed by atoms with Crippen LogP contribution < -0.4 is 24.8 Å². The third-order valence-corrected chi connectivity index (χ3v) is 5.92. The summed E-state index contributed by atoms with van der Waals surface area (Å²) in [6.07, 6.45) is 0. The highest BCUT2D eigenvalue weighted by Gasteiger charge is 2.24. The molecule has 2 aromatic carbocycles. The molecular weight excluding hydrogens is 458 g/mol. The molecule has 2 N–H and O–H groups in total. The summed E-state index contributed by atoms with van der Waals surface area (Å²) in [7, 11) is 1.60. The average Bonchev–Trinajstić information content (AvgIpc) is 2.89. The molecule has 0 saturated heterocycles. The van der Waals surface area contributed by atoms with E-state index in [1.165, 1.54) is 0 Å². The van der Waals surface area contributed by atoms with Gasteiger partial charge in [0.05, 0.1) is 13.7 Å². The first kappa shape index (κ1) is 29.0. The van der Waals surface area contributed by atoms with E-state index >= 15 is 0 Å². The van der Waals surface area contributed by atoms with Gasteiger partial charge in [-0.3, -0.25) is 9.59 Å². The van der Waals surface area contributed by atoms with E-state index in [1.54, 1.807) is 31.4 Å². The Kier molecular flexibility index (Phi) is 12.1. The molecule has 0 aliphatic heterocycles. The molecule has 0 aliphatic rings. The number of ether oxygens (including phenoxy) is 3. The van der Waals surface area contributed by atoms with Crippen LogP contribution in [0, 0.1) is 5.92 Å². The van der Waals surface area contributed by atoms with Crippen molar-refractivity contribution in [1.82, 2.24) is 15.5 Å².